The molecule has 0 aromatic rings. The van der Waals surface area contributed by atoms with Crippen molar-refractivity contribution in [2.24, 2.45) is 0 Å². The second-order valence-corrected chi connectivity index (χ2v) is 16.7. The Morgan fingerprint density at radius 2 is 0.948 bits per heavy atom. The van der Waals surface area contributed by atoms with E-state index in [0.29, 0.717) is 12.8 Å². The van der Waals surface area contributed by atoms with E-state index < -0.39 is 57.6 Å². The molecule has 0 heterocycles. The van der Waals surface area contributed by atoms with Gasteiger partial charge in [-0.05, 0) is 57.8 Å². The SMILES string of the molecule is CCCCC/C=C\C/C=C\C/C=C\C/C=C\CCCCCCCC(=O)OCC(O)COP(=O)(O)OCC(NC(=O)CCCCCCCCCCCCCCC)C(=O)O. The van der Waals surface area contributed by atoms with Crippen LogP contribution >= 0.6 is 7.82 Å². The highest BCUT2D eigenvalue weighted by molar-refractivity contribution is 7.47. The predicted octanol–water partition coefficient (Wildman–Crippen LogP) is 11.8. The molecule has 0 radical (unpaired) electrons. The Morgan fingerprint density at radius 3 is 1.45 bits per heavy atom. The Labute approximate surface area is 352 Å². The van der Waals surface area contributed by atoms with Crippen molar-refractivity contribution in [3.8, 4) is 0 Å². The number of amides is 1. The average Bonchev–Trinajstić information content (AvgIpc) is 3.20. The lowest BCUT2D eigenvalue weighted by Crippen LogP contribution is -2.43. The molecular weight excluding hydrogens is 757 g/mol. The molecule has 3 unspecified atom stereocenters. The van der Waals surface area contributed by atoms with Crippen molar-refractivity contribution in [2.75, 3.05) is 19.8 Å². The van der Waals surface area contributed by atoms with Crippen molar-refractivity contribution >= 4 is 25.7 Å². The number of unbranched alkanes of at least 4 members (excludes halogenated alkanes) is 20. The summed E-state index contributed by atoms with van der Waals surface area (Å²) in [5.74, 6) is -2.39. The molecule has 0 rings (SSSR count). The minimum absolute atomic E-state index is 0.146. The number of carboxylic acid groups (broad SMARTS) is 1. The molecule has 1 amide bonds. The molecule has 0 aliphatic carbocycles. The number of carbonyl (C=O) groups is 3. The Bertz CT molecular complexity index is 1170. The fraction of sp³-hybridized carbons (Fsp3) is 0.761. The highest BCUT2D eigenvalue weighted by atomic mass is 31.2. The molecular formula is C46H82NO10P. The van der Waals surface area contributed by atoms with E-state index in [1.807, 2.05) is 0 Å². The smallest absolute Gasteiger partial charge is 0.472 e. The van der Waals surface area contributed by atoms with Crippen LogP contribution < -0.4 is 5.32 Å². The van der Waals surface area contributed by atoms with Gasteiger partial charge in [-0.15, -0.1) is 0 Å². The first kappa shape index (κ1) is 55.4. The molecule has 11 nitrogen and oxygen atoms in total. The van der Waals surface area contributed by atoms with E-state index >= 15 is 0 Å². The van der Waals surface area contributed by atoms with Gasteiger partial charge in [-0.25, -0.2) is 9.36 Å². The third kappa shape index (κ3) is 40.2. The molecule has 0 aromatic carbocycles. The zero-order chi connectivity index (χ0) is 42.8. The summed E-state index contributed by atoms with van der Waals surface area (Å²) < 4.78 is 26.8. The van der Waals surface area contributed by atoms with Gasteiger partial charge < -0.3 is 25.2 Å². The molecule has 336 valence electrons. The quantitative estimate of drug-likeness (QED) is 0.0201. The lowest BCUT2D eigenvalue weighted by molar-refractivity contribution is -0.147. The van der Waals surface area contributed by atoms with Crippen molar-refractivity contribution in [1.29, 1.82) is 0 Å². The molecule has 0 aliphatic heterocycles. The zero-order valence-electron chi connectivity index (χ0n) is 36.3. The summed E-state index contributed by atoms with van der Waals surface area (Å²) >= 11 is 0. The number of ether oxygens (including phenoxy) is 1. The van der Waals surface area contributed by atoms with Gasteiger partial charge in [0.25, 0.3) is 0 Å². The average molecular weight is 840 g/mol. The maximum atomic E-state index is 12.3. The van der Waals surface area contributed by atoms with Crippen LogP contribution in [0.2, 0.25) is 0 Å². The molecule has 0 saturated heterocycles. The highest BCUT2D eigenvalue weighted by Gasteiger charge is 2.28. The monoisotopic (exact) mass is 840 g/mol. The molecule has 4 N–H and O–H groups in total. The van der Waals surface area contributed by atoms with Gasteiger partial charge in [0.15, 0.2) is 6.04 Å². The Kier molecular flexibility index (Phi) is 39.4. The number of carbonyl (C=O) groups excluding carboxylic acids is 2. The fourth-order valence-corrected chi connectivity index (χ4v) is 6.84. The number of hydrogen-bond acceptors (Lipinski definition) is 8. The maximum Gasteiger partial charge on any atom is 0.472 e. The lowest BCUT2D eigenvalue weighted by atomic mass is 10.0. The van der Waals surface area contributed by atoms with E-state index in [0.717, 1.165) is 70.6 Å². The molecule has 12 heteroatoms. The molecule has 3 atom stereocenters. The number of aliphatic hydroxyl groups is 1. The van der Waals surface area contributed by atoms with Crippen molar-refractivity contribution < 1.29 is 47.8 Å². The van der Waals surface area contributed by atoms with E-state index in [1.54, 1.807) is 0 Å². The van der Waals surface area contributed by atoms with Gasteiger partial charge in [-0.1, -0.05) is 172 Å². The maximum absolute atomic E-state index is 12.3. The molecule has 0 aromatic heterocycles. The third-order valence-corrected chi connectivity index (χ3v) is 10.6. The van der Waals surface area contributed by atoms with Crippen LogP contribution in [0.15, 0.2) is 48.6 Å². The Morgan fingerprint density at radius 1 is 0.552 bits per heavy atom. The molecule has 0 fully saturated rings. The second-order valence-electron chi connectivity index (χ2n) is 15.2. The van der Waals surface area contributed by atoms with Gasteiger partial charge in [0.1, 0.15) is 12.7 Å². The summed E-state index contributed by atoms with van der Waals surface area (Å²) in [7, 11) is -4.76. The van der Waals surface area contributed by atoms with Crippen molar-refractivity contribution in [2.45, 2.75) is 206 Å². The third-order valence-electron chi connectivity index (χ3n) is 9.62. The summed E-state index contributed by atoms with van der Waals surface area (Å²) in [6.45, 7) is 2.54. The lowest BCUT2D eigenvalue weighted by Gasteiger charge is -2.18. The van der Waals surface area contributed by atoms with E-state index in [4.69, 9.17) is 13.8 Å². The topological polar surface area (TPSA) is 169 Å². The van der Waals surface area contributed by atoms with E-state index in [1.165, 1.54) is 83.5 Å². The van der Waals surface area contributed by atoms with E-state index in [9.17, 15) is 34.1 Å². The molecule has 0 bridgehead atoms. The molecule has 0 aliphatic rings. The first-order valence-electron chi connectivity index (χ1n) is 22.7. The van der Waals surface area contributed by atoms with Crippen LogP contribution in [-0.4, -0.2) is 64.9 Å². The van der Waals surface area contributed by atoms with Crippen molar-refractivity contribution in [3.05, 3.63) is 48.6 Å². The van der Waals surface area contributed by atoms with Gasteiger partial charge in [0.05, 0.1) is 13.2 Å². The summed E-state index contributed by atoms with van der Waals surface area (Å²) in [6.07, 6.45) is 45.6. The number of aliphatic hydroxyl groups excluding tert-OH is 1. The second kappa shape index (κ2) is 41.2. The van der Waals surface area contributed by atoms with E-state index in [-0.39, 0.29) is 12.8 Å². The Balaban J connectivity index is 3.91. The summed E-state index contributed by atoms with van der Waals surface area (Å²) in [6, 6.07) is -1.55. The van der Waals surface area contributed by atoms with Gasteiger partial charge in [-0.2, -0.15) is 0 Å². The Hall–Kier alpha value is -2.56. The van der Waals surface area contributed by atoms with Gasteiger partial charge >= 0.3 is 19.8 Å². The van der Waals surface area contributed by atoms with Gasteiger partial charge in [-0.3, -0.25) is 18.6 Å². The fourth-order valence-electron chi connectivity index (χ4n) is 6.06. The minimum Gasteiger partial charge on any atom is -0.480 e. The summed E-state index contributed by atoms with van der Waals surface area (Å²) in [5.41, 5.74) is 0. The van der Waals surface area contributed by atoms with Crippen molar-refractivity contribution in [3.63, 3.8) is 0 Å². The van der Waals surface area contributed by atoms with Crippen LogP contribution in [-0.2, 0) is 32.7 Å². The van der Waals surface area contributed by atoms with Crippen LogP contribution in [0.5, 0.6) is 0 Å². The number of aliphatic carboxylic acids is 1. The number of phosphoric ester groups is 1. The van der Waals surface area contributed by atoms with Crippen LogP contribution in [0.1, 0.15) is 194 Å². The summed E-state index contributed by atoms with van der Waals surface area (Å²) in [4.78, 5) is 45.9. The molecule has 0 saturated carbocycles. The largest absolute Gasteiger partial charge is 0.480 e. The number of allylic oxidation sites excluding steroid dienone is 8. The number of esters is 1. The van der Waals surface area contributed by atoms with Crippen LogP contribution in [0.4, 0.5) is 0 Å². The number of carboxylic acids is 1. The molecule has 58 heavy (non-hydrogen) atoms. The first-order chi connectivity index (χ1) is 28.1. The van der Waals surface area contributed by atoms with Crippen LogP contribution in [0, 0.1) is 0 Å². The van der Waals surface area contributed by atoms with E-state index in [2.05, 4.69) is 67.8 Å². The van der Waals surface area contributed by atoms with Crippen LogP contribution in [0.3, 0.4) is 0 Å². The number of rotatable bonds is 42. The van der Waals surface area contributed by atoms with Crippen molar-refractivity contribution in [1.82, 2.24) is 5.32 Å². The zero-order valence-corrected chi connectivity index (χ0v) is 37.2. The van der Waals surface area contributed by atoms with Gasteiger partial charge in [0, 0.05) is 12.8 Å². The standard InChI is InChI=1S/C46H82NO10P/c1-3-5-7-9-11-13-15-17-18-19-20-21-22-23-24-26-28-30-32-34-36-38-45(50)55-39-42(48)40-56-58(53,54)57-41-43(46(51)52)47-44(49)37-35-33-31-29-27-25-16-14-12-10-8-6-4-2/h11,13,17-18,20-21,23-24,42-43,48H,3-10,12,14-16,19,22,25-41H2,1-2H3,(H,47,49)(H,51,52)(H,53,54)/b13-11-,18-17-,21-20-,24-23-. The summed E-state index contributed by atoms with van der Waals surface area (Å²) in [5, 5.41) is 21.8. The van der Waals surface area contributed by atoms with Crippen LogP contribution in [0.25, 0.3) is 0 Å². The number of nitrogens with one attached hydrogen (secondary N) is 1. The first-order valence-corrected chi connectivity index (χ1v) is 24.2. The normalized spacial score (nSPS) is 14.1. The number of hydrogen-bond donors (Lipinski definition) is 4. The highest BCUT2D eigenvalue weighted by Crippen LogP contribution is 2.43. The predicted molar refractivity (Wildman–Crippen MR) is 235 cm³/mol. The molecule has 0 spiro atoms. The number of phosphoric acid groups is 1. The minimum atomic E-state index is -4.76. The van der Waals surface area contributed by atoms with Gasteiger partial charge in [0.2, 0.25) is 5.91 Å².